The molecular formula is C14H22ClNO. The van der Waals surface area contributed by atoms with E-state index in [1.165, 1.54) is 31.2 Å². The number of nitrogens with two attached hydrogens (primary N) is 1. The zero-order valence-electron chi connectivity index (χ0n) is 10.4. The van der Waals surface area contributed by atoms with Crippen molar-refractivity contribution < 1.29 is 4.74 Å². The molecule has 0 unspecified atom stereocenters. The third kappa shape index (κ3) is 3.36. The van der Waals surface area contributed by atoms with Crippen LogP contribution in [0.3, 0.4) is 0 Å². The predicted octanol–water partition coefficient (Wildman–Crippen LogP) is 3.63. The Morgan fingerprint density at radius 2 is 1.53 bits per heavy atom. The Hall–Kier alpha value is -0.730. The van der Waals surface area contributed by atoms with Crippen molar-refractivity contribution in [3.63, 3.8) is 0 Å². The van der Waals surface area contributed by atoms with Crippen LogP contribution < -0.4 is 10.5 Å². The number of benzene rings is 1. The van der Waals surface area contributed by atoms with Crippen LogP contribution in [0, 0.1) is 0 Å². The molecule has 1 aromatic carbocycles. The lowest BCUT2D eigenvalue weighted by Gasteiger charge is -2.28. The molecule has 1 aliphatic carbocycles. The summed E-state index contributed by atoms with van der Waals surface area (Å²) in [6.45, 7) is 0. The molecule has 2 N–H and O–H groups in total. The van der Waals surface area contributed by atoms with Crippen LogP contribution in [0.1, 0.15) is 44.1 Å². The van der Waals surface area contributed by atoms with Gasteiger partial charge in [-0.15, -0.1) is 12.4 Å². The topological polar surface area (TPSA) is 35.2 Å². The van der Waals surface area contributed by atoms with E-state index in [0.717, 1.165) is 18.6 Å². The Kier molecular flexibility index (Phi) is 5.29. The second-order valence-electron chi connectivity index (χ2n) is 4.80. The van der Waals surface area contributed by atoms with E-state index >= 15 is 0 Å². The number of ether oxygens (including phenoxy) is 1. The van der Waals surface area contributed by atoms with Gasteiger partial charge in [-0.05, 0) is 30.5 Å². The molecule has 96 valence electrons. The van der Waals surface area contributed by atoms with Crippen molar-refractivity contribution in [1.29, 1.82) is 0 Å². The molecule has 0 saturated heterocycles. The Balaban J connectivity index is 0.00000144. The molecule has 2 rings (SSSR count). The fourth-order valence-electron chi connectivity index (χ4n) is 2.57. The first-order chi connectivity index (χ1) is 7.74. The second kappa shape index (κ2) is 6.27. The minimum absolute atomic E-state index is 0. The first-order valence-corrected chi connectivity index (χ1v) is 6.18. The monoisotopic (exact) mass is 255 g/mol. The van der Waals surface area contributed by atoms with Crippen LogP contribution >= 0.6 is 12.4 Å². The Labute approximate surface area is 110 Å². The molecule has 0 aromatic heterocycles. The third-order valence-corrected chi connectivity index (χ3v) is 3.66. The van der Waals surface area contributed by atoms with Crippen molar-refractivity contribution in [3.05, 3.63) is 29.8 Å². The molecule has 0 aliphatic heterocycles. The van der Waals surface area contributed by atoms with Crippen molar-refractivity contribution >= 4 is 12.4 Å². The molecule has 0 radical (unpaired) electrons. The van der Waals surface area contributed by atoms with Gasteiger partial charge in [0, 0.05) is 5.54 Å². The molecule has 0 spiro atoms. The maximum Gasteiger partial charge on any atom is 0.118 e. The van der Waals surface area contributed by atoms with Gasteiger partial charge in [-0.2, -0.15) is 0 Å². The van der Waals surface area contributed by atoms with Crippen molar-refractivity contribution in [2.75, 3.05) is 7.11 Å². The smallest absolute Gasteiger partial charge is 0.118 e. The molecule has 17 heavy (non-hydrogen) atoms. The largest absolute Gasteiger partial charge is 0.497 e. The van der Waals surface area contributed by atoms with Crippen LogP contribution in [0.2, 0.25) is 0 Å². The average molecular weight is 256 g/mol. The molecule has 0 bridgehead atoms. The van der Waals surface area contributed by atoms with Gasteiger partial charge in [0.1, 0.15) is 5.75 Å². The van der Waals surface area contributed by atoms with Crippen LogP contribution in [0.25, 0.3) is 0 Å². The lowest BCUT2D eigenvalue weighted by molar-refractivity contribution is 0.383. The van der Waals surface area contributed by atoms with Gasteiger partial charge in [-0.1, -0.05) is 37.8 Å². The van der Waals surface area contributed by atoms with Gasteiger partial charge in [0.15, 0.2) is 0 Å². The van der Waals surface area contributed by atoms with Gasteiger partial charge in [0.05, 0.1) is 7.11 Å². The summed E-state index contributed by atoms with van der Waals surface area (Å²) >= 11 is 0. The van der Waals surface area contributed by atoms with Crippen LogP contribution in [-0.2, 0) is 5.54 Å². The third-order valence-electron chi connectivity index (χ3n) is 3.66. The summed E-state index contributed by atoms with van der Waals surface area (Å²) in [5, 5.41) is 0. The van der Waals surface area contributed by atoms with Crippen molar-refractivity contribution in [2.24, 2.45) is 5.73 Å². The molecule has 1 fully saturated rings. The van der Waals surface area contributed by atoms with Gasteiger partial charge in [0.2, 0.25) is 0 Å². The molecule has 1 aliphatic rings. The number of hydrogen-bond acceptors (Lipinski definition) is 2. The van der Waals surface area contributed by atoms with Crippen molar-refractivity contribution in [3.8, 4) is 5.75 Å². The Morgan fingerprint density at radius 1 is 1.00 bits per heavy atom. The molecule has 0 amide bonds. The molecular weight excluding hydrogens is 234 g/mol. The Bertz CT molecular complexity index is 329. The van der Waals surface area contributed by atoms with Gasteiger partial charge in [0.25, 0.3) is 0 Å². The maximum absolute atomic E-state index is 6.53. The predicted molar refractivity (Wildman–Crippen MR) is 73.8 cm³/mol. The average Bonchev–Trinajstić information content (AvgIpc) is 2.55. The van der Waals surface area contributed by atoms with Crippen molar-refractivity contribution in [1.82, 2.24) is 0 Å². The first kappa shape index (κ1) is 14.3. The van der Waals surface area contributed by atoms with Gasteiger partial charge in [-0.25, -0.2) is 0 Å². The normalized spacial score (nSPS) is 18.9. The molecule has 2 nitrogen and oxygen atoms in total. The fourth-order valence-corrected chi connectivity index (χ4v) is 2.57. The minimum atomic E-state index is -0.108. The number of hydrogen-bond donors (Lipinski definition) is 1. The summed E-state index contributed by atoms with van der Waals surface area (Å²) < 4.78 is 5.17. The SMILES string of the molecule is COc1ccc(C2(N)CCCCCC2)cc1.Cl. The van der Waals surface area contributed by atoms with E-state index in [-0.39, 0.29) is 17.9 Å². The van der Waals surface area contributed by atoms with Gasteiger partial charge in [-0.3, -0.25) is 0 Å². The quantitative estimate of drug-likeness (QED) is 0.820. The Morgan fingerprint density at radius 3 is 2.00 bits per heavy atom. The van der Waals surface area contributed by atoms with Crippen LogP contribution in [0.4, 0.5) is 0 Å². The summed E-state index contributed by atoms with van der Waals surface area (Å²) in [5.41, 5.74) is 7.68. The molecule has 1 aromatic rings. The maximum atomic E-state index is 6.53. The number of halogens is 1. The van der Waals surface area contributed by atoms with E-state index in [1.807, 2.05) is 12.1 Å². The highest BCUT2D eigenvalue weighted by atomic mass is 35.5. The summed E-state index contributed by atoms with van der Waals surface area (Å²) in [6.07, 6.45) is 7.38. The highest BCUT2D eigenvalue weighted by Crippen LogP contribution is 2.34. The minimum Gasteiger partial charge on any atom is -0.497 e. The highest BCUT2D eigenvalue weighted by molar-refractivity contribution is 5.85. The van der Waals surface area contributed by atoms with Crippen LogP contribution in [0.5, 0.6) is 5.75 Å². The lowest BCUT2D eigenvalue weighted by atomic mass is 9.84. The summed E-state index contributed by atoms with van der Waals surface area (Å²) in [5.74, 6) is 0.904. The number of rotatable bonds is 2. The van der Waals surface area contributed by atoms with Crippen LogP contribution in [-0.4, -0.2) is 7.11 Å². The standard InChI is InChI=1S/C14H21NO.ClH/c1-16-13-8-6-12(7-9-13)14(15)10-4-2-3-5-11-14;/h6-9H,2-5,10-11,15H2,1H3;1H. The van der Waals surface area contributed by atoms with E-state index in [1.54, 1.807) is 7.11 Å². The van der Waals surface area contributed by atoms with Crippen molar-refractivity contribution in [2.45, 2.75) is 44.1 Å². The lowest BCUT2D eigenvalue weighted by Crippen LogP contribution is -2.35. The fraction of sp³-hybridized carbons (Fsp3) is 0.571. The molecule has 0 atom stereocenters. The second-order valence-corrected chi connectivity index (χ2v) is 4.80. The van der Waals surface area contributed by atoms with E-state index in [4.69, 9.17) is 10.5 Å². The molecule has 1 saturated carbocycles. The summed E-state index contributed by atoms with van der Waals surface area (Å²) in [4.78, 5) is 0. The van der Waals surface area contributed by atoms with Gasteiger partial charge >= 0.3 is 0 Å². The summed E-state index contributed by atoms with van der Waals surface area (Å²) in [7, 11) is 1.69. The van der Waals surface area contributed by atoms with Crippen LogP contribution in [0.15, 0.2) is 24.3 Å². The molecule has 0 heterocycles. The zero-order chi connectivity index (χ0) is 11.4. The number of methoxy groups -OCH3 is 1. The highest BCUT2D eigenvalue weighted by Gasteiger charge is 2.27. The van der Waals surface area contributed by atoms with E-state index in [2.05, 4.69) is 12.1 Å². The summed E-state index contributed by atoms with van der Waals surface area (Å²) in [6, 6.07) is 8.25. The first-order valence-electron chi connectivity index (χ1n) is 6.18. The molecule has 3 heteroatoms. The van der Waals surface area contributed by atoms with E-state index in [0.29, 0.717) is 0 Å². The zero-order valence-corrected chi connectivity index (χ0v) is 11.3. The van der Waals surface area contributed by atoms with E-state index < -0.39 is 0 Å². The van der Waals surface area contributed by atoms with Gasteiger partial charge < -0.3 is 10.5 Å². The van der Waals surface area contributed by atoms with E-state index in [9.17, 15) is 0 Å².